The van der Waals surface area contributed by atoms with Gasteiger partial charge in [-0.25, -0.2) is 9.97 Å². The van der Waals surface area contributed by atoms with Gasteiger partial charge in [0.2, 0.25) is 5.95 Å². The van der Waals surface area contributed by atoms with Gasteiger partial charge in [0.1, 0.15) is 17.7 Å². The van der Waals surface area contributed by atoms with Crippen LogP contribution >= 0.6 is 0 Å². The highest BCUT2D eigenvalue weighted by Crippen LogP contribution is 2.30. The molecular formula is C33H37N5O4. The average molecular weight is 568 g/mol. The summed E-state index contributed by atoms with van der Waals surface area (Å²) in [6.07, 6.45) is 4.13. The topological polar surface area (TPSA) is 110 Å². The summed E-state index contributed by atoms with van der Waals surface area (Å²) in [4.78, 5) is 27.8. The molecule has 0 radical (unpaired) electrons. The van der Waals surface area contributed by atoms with Gasteiger partial charge in [-0.05, 0) is 82.0 Å². The molecule has 1 aliphatic heterocycles. The molecule has 0 amide bonds. The molecule has 1 aliphatic rings. The van der Waals surface area contributed by atoms with Crippen molar-refractivity contribution in [2.45, 2.75) is 46.1 Å². The van der Waals surface area contributed by atoms with Gasteiger partial charge in [-0.2, -0.15) is 4.98 Å². The van der Waals surface area contributed by atoms with E-state index in [1.54, 1.807) is 20.0 Å². The van der Waals surface area contributed by atoms with Crippen LogP contribution in [0.15, 0.2) is 79.0 Å². The average Bonchev–Trinajstić information content (AvgIpc) is 2.99. The zero-order chi connectivity index (χ0) is 29.5. The van der Waals surface area contributed by atoms with Crippen LogP contribution in [0.3, 0.4) is 0 Å². The number of benzene rings is 2. The number of hydrogen-bond donors (Lipinski definition) is 2. The van der Waals surface area contributed by atoms with E-state index in [9.17, 15) is 9.90 Å². The Hall–Kier alpha value is -4.66. The van der Waals surface area contributed by atoms with Crippen molar-refractivity contribution in [3.05, 3.63) is 84.6 Å². The number of aliphatic carboxylic acids is 1. The Bertz CT molecular complexity index is 1530. The van der Waals surface area contributed by atoms with Gasteiger partial charge < -0.3 is 24.8 Å². The summed E-state index contributed by atoms with van der Waals surface area (Å²) in [5, 5.41) is 12.8. The van der Waals surface area contributed by atoms with E-state index in [0.717, 1.165) is 53.5 Å². The number of rotatable bonds is 11. The molecule has 2 aromatic heterocycles. The smallest absolute Gasteiger partial charge is 0.309 e. The maximum absolute atomic E-state index is 11.6. The number of carboxylic acids is 1. The van der Waals surface area contributed by atoms with Gasteiger partial charge >= 0.3 is 5.97 Å². The molecule has 2 aromatic carbocycles. The monoisotopic (exact) mass is 567 g/mol. The van der Waals surface area contributed by atoms with E-state index in [1.165, 1.54) is 0 Å². The van der Waals surface area contributed by atoms with E-state index in [0.29, 0.717) is 31.3 Å². The second kappa shape index (κ2) is 12.9. The number of ether oxygens (including phenoxy) is 2. The molecule has 0 aliphatic carbocycles. The molecule has 0 saturated carbocycles. The van der Waals surface area contributed by atoms with E-state index in [1.807, 2.05) is 79.7 Å². The molecule has 3 heterocycles. The van der Waals surface area contributed by atoms with Crippen molar-refractivity contribution in [1.29, 1.82) is 0 Å². The summed E-state index contributed by atoms with van der Waals surface area (Å²) in [5.74, 6) is 2.60. The number of pyridine rings is 1. The fourth-order valence-electron chi connectivity index (χ4n) is 5.04. The minimum Gasteiger partial charge on any atom is -0.490 e. The summed E-state index contributed by atoms with van der Waals surface area (Å²) in [6.45, 7) is 7.61. The first-order chi connectivity index (χ1) is 20.3. The number of nitrogens with zero attached hydrogens (tertiary/aromatic N) is 4. The van der Waals surface area contributed by atoms with Crippen LogP contribution < -0.4 is 19.7 Å². The van der Waals surface area contributed by atoms with Crippen LogP contribution in [0, 0.1) is 5.41 Å². The van der Waals surface area contributed by atoms with E-state index >= 15 is 0 Å². The third-order valence-corrected chi connectivity index (χ3v) is 7.22. The van der Waals surface area contributed by atoms with Crippen LogP contribution in [0.1, 0.15) is 39.2 Å². The summed E-state index contributed by atoms with van der Waals surface area (Å²) in [7, 11) is 0. The van der Waals surface area contributed by atoms with Crippen molar-refractivity contribution in [3.63, 3.8) is 0 Å². The third kappa shape index (κ3) is 7.15. The SMILES string of the molecule is CCOc1ccccc1OC1CCCN(c2ccnc(Nc3cccc(-c4cccc(CC(C)(C)C(=O)O)c4)n3)n2)C1. The van der Waals surface area contributed by atoms with Crippen LogP contribution in [0.5, 0.6) is 11.5 Å². The number of anilines is 3. The van der Waals surface area contributed by atoms with Crippen molar-refractivity contribution >= 4 is 23.6 Å². The standard InChI is InChI=1S/C33H37N5O4/c1-4-41-27-14-5-6-15-28(27)42-25-12-9-19-38(22-25)30-17-18-34-32(37-30)36-29-16-8-13-26(35-29)24-11-7-10-23(20-24)21-33(2,3)31(39)40/h5-8,10-11,13-18,20,25H,4,9,12,19,21-22H2,1-3H3,(H,39,40)(H,34,35,36,37). The molecular weight excluding hydrogens is 530 g/mol. The molecule has 5 rings (SSSR count). The lowest BCUT2D eigenvalue weighted by atomic mass is 9.85. The van der Waals surface area contributed by atoms with Crippen LogP contribution in [0.4, 0.5) is 17.6 Å². The highest BCUT2D eigenvalue weighted by atomic mass is 16.5. The molecule has 4 aromatic rings. The Balaban J connectivity index is 1.27. The predicted molar refractivity (Wildman–Crippen MR) is 164 cm³/mol. The van der Waals surface area contributed by atoms with Gasteiger partial charge in [-0.3, -0.25) is 4.79 Å². The molecule has 9 heteroatoms. The Kier molecular flexibility index (Phi) is 8.85. The normalized spacial score (nSPS) is 15.2. The summed E-state index contributed by atoms with van der Waals surface area (Å²) in [5.41, 5.74) is 1.78. The fourth-order valence-corrected chi connectivity index (χ4v) is 5.04. The Labute approximate surface area is 246 Å². The first kappa shape index (κ1) is 28.9. The summed E-state index contributed by atoms with van der Waals surface area (Å²) < 4.78 is 12.1. The van der Waals surface area contributed by atoms with E-state index in [-0.39, 0.29) is 6.10 Å². The lowest BCUT2D eigenvalue weighted by Gasteiger charge is -2.34. The lowest BCUT2D eigenvalue weighted by Crippen LogP contribution is -2.41. The minimum atomic E-state index is -0.855. The number of piperidine rings is 1. The first-order valence-corrected chi connectivity index (χ1v) is 14.3. The van der Waals surface area contributed by atoms with Crippen LogP contribution in [-0.2, 0) is 11.2 Å². The number of nitrogens with one attached hydrogen (secondary N) is 1. The third-order valence-electron chi connectivity index (χ3n) is 7.22. The van der Waals surface area contributed by atoms with Crippen molar-refractivity contribution in [2.24, 2.45) is 5.41 Å². The zero-order valence-electron chi connectivity index (χ0n) is 24.3. The molecule has 9 nitrogen and oxygen atoms in total. The minimum absolute atomic E-state index is 0.0157. The Morgan fingerprint density at radius 3 is 2.67 bits per heavy atom. The number of aromatic nitrogens is 3. The van der Waals surface area contributed by atoms with Crippen LogP contribution in [0.25, 0.3) is 11.3 Å². The Morgan fingerprint density at radius 1 is 1.05 bits per heavy atom. The van der Waals surface area contributed by atoms with Gasteiger partial charge in [0, 0.05) is 18.3 Å². The first-order valence-electron chi connectivity index (χ1n) is 14.3. The molecule has 1 saturated heterocycles. The molecule has 2 N–H and O–H groups in total. The number of hydrogen-bond acceptors (Lipinski definition) is 8. The number of para-hydroxylation sites is 2. The summed E-state index contributed by atoms with van der Waals surface area (Å²) >= 11 is 0. The highest BCUT2D eigenvalue weighted by molar-refractivity contribution is 5.74. The quantitative estimate of drug-likeness (QED) is 0.213. The molecule has 42 heavy (non-hydrogen) atoms. The van der Waals surface area contributed by atoms with Crippen molar-refractivity contribution in [2.75, 3.05) is 29.9 Å². The van der Waals surface area contributed by atoms with E-state index in [2.05, 4.69) is 15.2 Å². The van der Waals surface area contributed by atoms with Crippen LogP contribution in [0.2, 0.25) is 0 Å². The van der Waals surface area contributed by atoms with Gasteiger partial charge in [0.25, 0.3) is 0 Å². The lowest BCUT2D eigenvalue weighted by molar-refractivity contribution is -0.146. The summed E-state index contributed by atoms with van der Waals surface area (Å²) in [6, 6.07) is 23.3. The van der Waals surface area contributed by atoms with Crippen LogP contribution in [-0.4, -0.2) is 51.8 Å². The molecule has 218 valence electrons. The predicted octanol–water partition coefficient (Wildman–Crippen LogP) is 6.38. The number of carbonyl (C=O) groups is 1. The van der Waals surface area contributed by atoms with Crippen molar-refractivity contribution in [1.82, 2.24) is 15.0 Å². The van der Waals surface area contributed by atoms with Crippen molar-refractivity contribution in [3.8, 4) is 22.8 Å². The van der Waals surface area contributed by atoms with E-state index in [4.69, 9.17) is 19.4 Å². The van der Waals surface area contributed by atoms with Crippen molar-refractivity contribution < 1.29 is 19.4 Å². The molecule has 0 bridgehead atoms. The fraction of sp³-hybridized carbons (Fsp3) is 0.333. The van der Waals surface area contributed by atoms with E-state index < -0.39 is 11.4 Å². The zero-order valence-corrected chi connectivity index (χ0v) is 24.3. The maximum Gasteiger partial charge on any atom is 0.309 e. The van der Waals surface area contributed by atoms with Gasteiger partial charge in [0.05, 0.1) is 24.3 Å². The molecule has 1 fully saturated rings. The maximum atomic E-state index is 11.6. The van der Waals surface area contributed by atoms with Gasteiger partial charge in [0.15, 0.2) is 11.5 Å². The molecule has 1 unspecified atom stereocenters. The molecule has 1 atom stereocenters. The highest BCUT2D eigenvalue weighted by Gasteiger charge is 2.27. The second-order valence-electron chi connectivity index (χ2n) is 11.0. The Morgan fingerprint density at radius 2 is 1.86 bits per heavy atom. The molecule has 0 spiro atoms. The van der Waals surface area contributed by atoms with Gasteiger partial charge in [-0.1, -0.05) is 36.4 Å². The second-order valence-corrected chi connectivity index (χ2v) is 11.0. The number of carboxylic acid groups (broad SMARTS) is 1. The largest absolute Gasteiger partial charge is 0.490 e. The van der Waals surface area contributed by atoms with Gasteiger partial charge in [-0.15, -0.1) is 0 Å².